The molecule has 146 valence electrons. The van der Waals surface area contributed by atoms with E-state index in [0.29, 0.717) is 17.9 Å². The lowest BCUT2D eigenvalue weighted by Crippen LogP contribution is -2.54. The summed E-state index contributed by atoms with van der Waals surface area (Å²) >= 11 is 0. The highest BCUT2D eigenvalue weighted by atomic mass is 16.3. The minimum absolute atomic E-state index is 0.246. The Kier molecular flexibility index (Phi) is 6.84. The number of anilines is 1. The van der Waals surface area contributed by atoms with Crippen LogP contribution in [0.25, 0.3) is 0 Å². The number of nitrogens with zero attached hydrogens (tertiary/aromatic N) is 4. The molecule has 0 spiro atoms. The number of nitrogens with one attached hydrogen (secondary N) is 1. The Bertz CT molecular complexity index is 573. The molecule has 6 nitrogen and oxygen atoms in total. The van der Waals surface area contributed by atoms with E-state index in [-0.39, 0.29) is 6.61 Å². The molecule has 2 aliphatic heterocycles. The monoisotopic (exact) mass is 361 g/mol. The highest BCUT2D eigenvalue weighted by Gasteiger charge is 2.28. The van der Waals surface area contributed by atoms with Gasteiger partial charge in [0.05, 0.1) is 0 Å². The Hall–Kier alpha value is -1.24. The Labute approximate surface area is 158 Å². The average molecular weight is 362 g/mol. The summed E-state index contributed by atoms with van der Waals surface area (Å²) in [6, 6.07) is 2.62. The minimum Gasteiger partial charge on any atom is -0.396 e. The highest BCUT2D eigenvalue weighted by Crippen LogP contribution is 2.27. The zero-order valence-corrected chi connectivity index (χ0v) is 16.6. The number of aliphatic hydroxyl groups is 1. The lowest BCUT2D eigenvalue weighted by Gasteiger charge is -2.42. The average Bonchev–Trinajstić information content (AvgIpc) is 2.63. The lowest BCUT2D eigenvalue weighted by molar-refractivity contribution is 0.128. The van der Waals surface area contributed by atoms with Crippen LogP contribution in [0.4, 0.5) is 5.82 Å². The van der Waals surface area contributed by atoms with Crippen LogP contribution >= 0.6 is 0 Å². The fraction of sp³-hybridized carbons (Fsp3) is 0.800. The van der Waals surface area contributed by atoms with Crippen molar-refractivity contribution in [3.05, 3.63) is 17.6 Å². The van der Waals surface area contributed by atoms with Crippen molar-refractivity contribution in [2.75, 3.05) is 50.8 Å². The van der Waals surface area contributed by atoms with E-state index in [1.165, 1.54) is 5.69 Å². The summed E-state index contributed by atoms with van der Waals surface area (Å²) in [5, 5.41) is 12.9. The predicted octanol–water partition coefficient (Wildman–Crippen LogP) is 1.78. The maximum absolute atomic E-state index is 9.51. The highest BCUT2D eigenvalue weighted by molar-refractivity contribution is 5.42. The Morgan fingerprint density at radius 1 is 1.23 bits per heavy atom. The second-order valence-corrected chi connectivity index (χ2v) is 8.22. The molecule has 1 atom stereocenters. The molecule has 1 aromatic heterocycles. The van der Waals surface area contributed by atoms with E-state index in [1.807, 2.05) is 6.92 Å². The lowest BCUT2D eigenvalue weighted by atomic mass is 9.94. The molecular formula is C20H35N5O. The van der Waals surface area contributed by atoms with Crippen LogP contribution in [-0.4, -0.2) is 71.9 Å². The first kappa shape index (κ1) is 19.5. The number of rotatable bonds is 6. The Morgan fingerprint density at radius 2 is 2.00 bits per heavy atom. The van der Waals surface area contributed by atoms with Crippen LogP contribution in [0, 0.1) is 12.8 Å². The number of aryl methyl sites for hydroxylation is 1. The standard InChI is InChI=1S/C20H35N5O/c1-15(2)13-24-9-10-25(14-18(24)6-11-26)20-12-19(22-16(3)23-20)17-4-7-21-8-5-17/h12,15,17-18,21,26H,4-11,13-14H2,1-3H3/t18-/m0/s1. The van der Waals surface area contributed by atoms with Gasteiger partial charge in [-0.15, -0.1) is 0 Å². The third-order valence-corrected chi connectivity index (χ3v) is 5.59. The maximum atomic E-state index is 9.51. The van der Waals surface area contributed by atoms with Crippen LogP contribution in [0.15, 0.2) is 6.07 Å². The van der Waals surface area contributed by atoms with Gasteiger partial charge in [0.1, 0.15) is 11.6 Å². The molecule has 0 unspecified atom stereocenters. The summed E-state index contributed by atoms with van der Waals surface area (Å²) in [6.07, 6.45) is 3.14. The quantitative estimate of drug-likeness (QED) is 0.805. The molecule has 3 heterocycles. The van der Waals surface area contributed by atoms with Gasteiger partial charge in [-0.3, -0.25) is 4.90 Å². The largest absolute Gasteiger partial charge is 0.396 e. The van der Waals surface area contributed by atoms with Gasteiger partial charge in [0.25, 0.3) is 0 Å². The zero-order valence-electron chi connectivity index (χ0n) is 16.6. The summed E-state index contributed by atoms with van der Waals surface area (Å²) in [5.74, 6) is 3.14. The molecule has 0 saturated carbocycles. The molecule has 6 heteroatoms. The summed E-state index contributed by atoms with van der Waals surface area (Å²) < 4.78 is 0. The molecule has 0 bridgehead atoms. The number of aromatic nitrogens is 2. The second-order valence-electron chi connectivity index (χ2n) is 8.22. The van der Waals surface area contributed by atoms with Crippen LogP contribution < -0.4 is 10.2 Å². The molecular weight excluding hydrogens is 326 g/mol. The van der Waals surface area contributed by atoms with Crippen molar-refractivity contribution < 1.29 is 5.11 Å². The molecule has 2 N–H and O–H groups in total. The van der Waals surface area contributed by atoms with Crippen LogP contribution in [0.2, 0.25) is 0 Å². The van der Waals surface area contributed by atoms with Crippen molar-refractivity contribution in [3.8, 4) is 0 Å². The number of hydrogen-bond donors (Lipinski definition) is 2. The van der Waals surface area contributed by atoms with Gasteiger partial charge in [-0.2, -0.15) is 0 Å². The van der Waals surface area contributed by atoms with Gasteiger partial charge in [0.2, 0.25) is 0 Å². The van der Waals surface area contributed by atoms with Gasteiger partial charge >= 0.3 is 0 Å². The van der Waals surface area contributed by atoms with Crippen molar-refractivity contribution in [3.63, 3.8) is 0 Å². The third-order valence-electron chi connectivity index (χ3n) is 5.59. The van der Waals surface area contributed by atoms with Gasteiger partial charge in [0.15, 0.2) is 0 Å². The molecule has 0 aromatic carbocycles. The molecule has 0 amide bonds. The van der Waals surface area contributed by atoms with E-state index in [9.17, 15) is 5.11 Å². The van der Waals surface area contributed by atoms with Crippen molar-refractivity contribution in [1.29, 1.82) is 0 Å². The summed E-state index contributed by atoms with van der Waals surface area (Å²) in [5.41, 5.74) is 1.21. The van der Waals surface area contributed by atoms with Gasteiger partial charge < -0.3 is 15.3 Å². The van der Waals surface area contributed by atoms with Crippen molar-refractivity contribution >= 4 is 5.82 Å². The molecule has 1 aromatic rings. The summed E-state index contributed by atoms with van der Waals surface area (Å²) in [4.78, 5) is 14.4. The van der Waals surface area contributed by atoms with Gasteiger partial charge in [-0.25, -0.2) is 9.97 Å². The van der Waals surface area contributed by atoms with E-state index >= 15 is 0 Å². The Balaban J connectivity index is 1.74. The summed E-state index contributed by atoms with van der Waals surface area (Å²) in [7, 11) is 0. The van der Waals surface area contributed by atoms with Gasteiger partial charge in [-0.1, -0.05) is 13.8 Å². The first-order valence-corrected chi connectivity index (χ1v) is 10.2. The van der Waals surface area contributed by atoms with E-state index in [2.05, 4.69) is 35.0 Å². The number of hydrogen-bond acceptors (Lipinski definition) is 6. The molecule has 0 aliphatic carbocycles. The van der Waals surface area contributed by atoms with Crippen molar-refractivity contribution in [1.82, 2.24) is 20.2 Å². The first-order valence-electron chi connectivity index (χ1n) is 10.2. The first-order chi connectivity index (χ1) is 12.6. The number of piperazine rings is 1. The van der Waals surface area contributed by atoms with Gasteiger partial charge in [0, 0.05) is 56.5 Å². The topological polar surface area (TPSA) is 64.5 Å². The van der Waals surface area contributed by atoms with E-state index in [4.69, 9.17) is 9.97 Å². The van der Waals surface area contributed by atoms with Crippen LogP contribution in [0.1, 0.15) is 50.5 Å². The van der Waals surface area contributed by atoms with Crippen molar-refractivity contribution in [2.45, 2.75) is 52.0 Å². The Morgan fingerprint density at radius 3 is 2.69 bits per heavy atom. The predicted molar refractivity (Wildman–Crippen MR) is 106 cm³/mol. The van der Waals surface area contributed by atoms with Gasteiger partial charge in [-0.05, 0) is 45.2 Å². The maximum Gasteiger partial charge on any atom is 0.132 e. The zero-order chi connectivity index (χ0) is 18.5. The fourth-order valence-corrected chi connectivity index (χ4v) is 4.30. The minimum atomic E-state index is 0.246. The molecule has 2 aliphatic rings. The van der Waals surface area contributed by atoms with Crippen LogP contribution in [0.3, 0.4) is 0 Å². The number of aliphatic hydroxyl groups excluding tert-OH is 1. The number of piperidine rings is 1. The van der Waals surface area contributed by atoms with E-state index in [1.54, 1.807) is 0 Å². The molecule has 0 radical (unpaired) electrons. The summed E-state index contributed by atoms with van der Waals surface area (Å²) in [6.45, 7) is 13.0. The van der Waals surface area contributed by atoms with E-state index in [0.717, 1.165) is 70.2 Å². The normalized spacial score (nSPS) is 23.0. The third kappa shape index (κ3) is 4.93. The smallest absolute Gasteiger partial charge is 0.132 e. The molecule has 3 rings (SSSR count). The molecule has 26 heavy (non-hydrogen) atoms. The fourth-order valence-electron chi connectivity index (χ4n) is 4.30. The second kappa shape index (κ2) is 9.11. The SMILES string of the molecule is Cc1nc(C2CCNCC2)cc(N2CCN(CC(C)C)[C@@H](CCO)C2)n1. The van der Waals surface area contributed by atoms with Crippen molar-refractivity contribution in [2.24, 2.45) is 5.92 Å². The van der Waals surface area contributed by atoms with E-state index < -0.39 is 0 Å². The van der Waals surface area contributed by atoms with Crippen LogP contribution in [-0.2, 0) is 0 Å². The molecule has 2 saturated heterocycles. The molecule has 2 fully saturated rings. The van der Waals surface area contributed by atoms with Crippen LogP contribution in [0.5, 0.6) is 0 Å².